The largest absolute Gasteiger partial charge is 0.447 e. The summed E-state index contributed by atoms with van der Waals surface area (Å²) in [6, 6.07) is 11.1. The molecule has 0 aliphatic carbocycles. The number of ether oxygens (including phenoxy) is 2. The van der Waals surface area contributed by atoms with Crippen molar-refractivity contribution in [3.8, 4) is 10.8 Å². The normalized spacial score (nSPS) is 15.1. The molecule has 0 spiro atoms. The summed E-state index contributed by atoms with van der Waals surface area (Å²) in [5.41, 5.74) is 1.11. The van der Waals surface area contributed by atoms with Crippen molar-refractivity contribution in [1.82, 2.24) is 10.0 Å². The summed E-state index contributed by atoms with van der Waals surface area (Å²) in [7, 11) is -3.54. The average Bonchev–Trinajstić information content (AvgIpc) is 3.16. The van der Waals surface area contributed by atoms with E-state index in [-0.39, 0.29) is 10.8 Å². The zero-order chi connectivity index (χ0) is 19.1. The lowest BCUT2D eigenvalue weighted by atomic mass is 10.2. The number of nitrogens with zero attached hydrogens (tertiary/aromatic N) is 1. The van der Waals surface area contributed by atoms with Crippen LogP contribution in [0.5, 0.6) is 10.8 Å². The van der Waals surface area contributed by atoms with E-state index in [1.165, 1.54) is 0 Å². The fraction of sp³-hybridized carbons (Fsp3) is 0.444. The molecule has 3 rings (SSSR count). The number of hydrogen-bond acceptors (Lipinski definition) is 7. The highest BCUT2D eigenvalue weighted by Gasteiger charge is 2.17. The molecule has 0 atom stereocenters. The lowest BCUT2D eigenvalue weighted by molar-refractivity contribution is 0.153. The molecule has 2 aromatic rings. The molecule has 7 nitrogen and oxygen atoms in total. The summed E-state index contributed by atoms with van der Waals surface area (Å²) in [4.78, 5) is 2.30. The fourth-order valence-electron chi connectivity index (χ4n) is 2.75. The van der Waals surface area contributed by atoms with Gasteiger partial charge in [0.05, 0.1) is 6.61 Å². The van der Waals surface area contributed by atoms with Crippen LogP contribution in [0.15, 0.2) is 40.6 Å². The Labute approximate surface area is 164 Å². The lowest BCUT2D eigenvalue weighted by Crippen LogP contribution is -2.43. The Morgan fingerprint density at radius 3 is 2.81 bits per heavy atom. The van der Waals surface area contributed by atoms with Gasteiger partial charge in [0.15, 0.2) is 5.06 Å². The van der Waals surface area contributed by atoms with Gasteiger partial charge in [-0.05, 0) is 31.2 Å². The van der Waals surface area contributed by atoms with Gasteiger partial charge in [-0.3, -0.25) is 0 Å². The second-order valence-corrected chi connectivity index (χ2v) is 9.04. The number of rotatable bonds is 9. The molecule has 1 aliphatic heterocycles. The van der Waals surface area contributed by atoms with Crippen molar-refractivity contribution in [3.63, 3.8) is 0 Å². The number of piperazine rings is 1. The highest BCUT2D eigenvalue weighted by molar-refractivity contribution is 7.91. The van der Waals surface area contributed by atoms with Crippen molar-refractivity contribution >= 4 is 27.0 Å². The molecule has 27 heavy (non-hydrogen) atoms. The minimum absolute atomic E-state index is 0.229. The first-order valence-electron chi connectivity index (χ1n) is 8.99. The molecule has 1 saturated heterocycles. The average molecular weight is 412 g/mol. The van der Waals surface area contributed by atoms with E-state index in [1.54, 1.807) is 12.1 Å². The van der Waals surface area contributed by atoms with Crippen LogP contribution in [0, 0.1) is 0 Å². The van der Waals surface area contributed by atoms with E-state index in [1.807, 2.05) is 25.1 Å². The smallest absolute Gasteiger partial charge is 0.250 e. The van der Waals surface area contributed by atoms with Gasteiger partial charge in [0.1, 0.15) is 9.96 Å². The van der Waals surface area contributed by atoms with Gasteiger partial charge in [0, 0.05) is 51.1 Å². The second-order valence-electron chi connectivity index (χ2n) is 6.00. The van der Waals surface area contributed by atoms with Crippen molar-refractivity contribution in [2.75, 3.05) is 50.8 Å². The summed E-state index contributed by atoms with van der Waals surface area (Å²) in [6.07, 6.45) is 0. The Morgan fingerprint density at radius 2 is 2.04 bits per heavy atom. The summed E-state index contributed by atoms with van der Waals surface area (Å²) in [5, 5.41) is 3.87. The van der Waals surface area contributed by atoms with E-state index in [0.717, 1.165) is 43.2 Å². The van der Waals surface area contributed by atoms with Crippen molar-refractivity contribution in [2.24, 2.45) is 0 Å². The first-order valence-corrected chi connectivity index (χ1v) is 11.3. The molecule has 2 N–H and O–H groups in total. The van der Waals surface area contributed by atoms with Gasteiger partial charge < -0.3 is 19.7 Å². The number of nitrogens with one attached hydrogen (secondary N) is 2. The van der Waals surface area contributed by atoms with Crippen LogP contribution in [0.1, 0.15) is 6.92 Å². The number of hydrogen-bond donors (Lipinski definition) is 2. The summed E-state index contributed by atoms with van der Waals surface area (Å²) in [6.45, 7) is 6.87. The van der Waals surface area contributed by atoms with Crippen molar-refractivity contribution in [3.05, 3.63) is 36.4 Å². The van der Waals surface area contributed by atoms with E-state index < -0.39 is 10.0 Å². The molecule has 0 bridgehead atoms. The minimum Gasteiger partial charge on any atom is -0.447 e. The van der Waals surface area contributed by atoms with Gasteiger partial charge in [-0.15, -0.1) is 0 Å². The Hall–Kier alpha value is -1.65. The molecule has 0 radical (unpaired) electrons. The van der Waals surface area contributed by atoms with Gasteiger partial charge in [0.2, 0.25) is 10.0 Å². The van der Waals surface area contributed by atoms with Crippen LogP contribution in [-0.4, -0.2) is 54.4 Å². The Balaban J connectivity index is 1.63. The monoisotopic (exact) mass is 411 g/mol. The molecule has 1 aromatic heterocycles. The molecule has 0 amide bonds. The predicted octanol–water partition coefficient (Wildman–Crippen LogP) is 2.26. The maximum absolute atomic E-state index is 12.3. The van der Waals surface area contributed by atoms with Crippen LogP contribution in [-0.2, 0) is 14.8 Å². The topological polar surface area (TPSA) is 79.9 Å². The van der Waals surface area contributed by atoms with Gasteiger partial charge in [-0.1, -0.05) is 17.4 Å². The molecule has 1 aromatic carbocycles. The van der Waals surface area contributed by atoms with Gasteiger partial charge in [-0.25, -0.2) is 13.1 Å². The van der Waals surface area contributed by atoms with Gasteiger partial charge in [0.25, 0.3) is 0 Å². The summed E-state index contributed by atoms with van der Waals surface area (Å²) >= 11 is 1.10. The molecule has 0 saturated carbocycles. The lowest BCUT2D eigenvalue weighted by Gasteiger charge is -2.29. The van der Waals surface area contributed by atoms with E-state index >= 15 is 0 Å². The van der Waals surface area contributed by atoms with E-state index in [2.05, 4.69) is 21.0 Å². The third kappa shape index (κ3) is 5.66. The number of benzene rings is 1. The molecule has 148 valence electrons. The molecule has 2 heterocycles. The Bertz CT molecular complexity index is 833. The number of sulfonamides is 1. The minimum atomic E-state index is -3.54. The number of anilines is 1. The first-order chi connectivity index (χ1) is 13.1. The maximum Gasteiger partial charge on any atom is 0.250 e. The molecule has 0 unspecified atom stereocenters. The van der Waals surface area contributed by atoms with Crippen LogP contribution < -0.4 is 19.7 Å². The maximum atomic E-state index is 12.3. The first kappa shape index (κ1) is 20.1. The second kappa shape index (κ2) is 9.52. The van der Waals surface area contributed by atoms with Crippen LogP contribution in [0.25, 0.3) is 0 Å². The highest BCUT2D eigenvalue weighted by Crippen LogP contribution is 2.33. The molecular formula is C18H25N3O4S2. The fourth-order valence-corrected chi connectivity index (χ4v) is 4.96. The van der Waals surface area contributed by atoms with Crippen molar-refractivity contribution < 1.29 is 17.9 Å². The van der Waals surface area contributed by atoms with Gasteiger partial charge >= 0.3 is 0 Å². The quantitative estimate of drug-likeness (QED) is 0.616. The van der Waals surface area contributed by atoms with Crippen LogP contribution >= 0.6 is 11.3 Å². The SMILES string of the molecule is CCOCCNS(=O)(=O)c1ccc(Oc2cccc(N3CCNCC3)c2)s1. The van der Waals surface area contributed by atoms with Crippen molar-refractivity contribution in [1.29, 1.82) is 0 Å². The predicted molar refractivity (Wildman–Crippen MR) is 108 cm³/mol. The highest BCUT2D eigenvalue weighted by atomic mass is 32.2. The van der Waals surface area contributed by atoms with E-state index in [4.69, 9.17) is 9.47 Å². The van der Waals surface area contributed by atoms with E-state index in [0.29, 0.717) is 24.0 Å². The Kier molecular flexibility index (Phi) is 7.08. The zero-order valence-corrected chi connectivity index (χ0v) is 16.9. The van der Waals surface area contributed by atoms with Gasteiger partial charge in [-0.2, -0.15) is 0 Å². The molecular weight excluding hydrogens is 386 g/mol. The van der Waals surface area contributed by atoms with Crippen LogP contribution in [0.4, 0.5) is 5.69 Å². The Morgan fingerprint density at radius 1 is 1.22 bits per heavy atom. The third-order valence-electron chi connectivity index (χ3n) is 4.08. The number of thiophene rings is 1. The molecule has 1 fully saturated rings. The van der Waals surface area contributed by atoms with Crippen molar-refractivity contribution in [2.45, 2.75) is 11.1 Å². The third-order valence-corrected chi connectivity index (χ3v) is 7.00. The van der Waals surface area contributed by atoms with Crippen LogP contribution in [0.2, 0.25) is 0 Å². The zero-order valence-electron chi connectivity index (χ0n) is 15.3. The molecule has 1 aliphatic rings. The summed E-state index contributed by atoms with van der Waals surface area (Å²) in [5.74, 6) is 0.695. The standard InChI is InChI=1S/C18H25N3O4S2/c1-2-24-13-10-20-27(22,23)18-7-6-17(26-18)25-16-5-3-4-15(14-16)21-11-8-19-9-12-21/h3-7,14,19-20H,2,8-13H2,1H3. The summed E-state index contributed by atoms with van der Waals surface area (Å²) < 4.78 is 38.4. The van der Waals surface area contributed by atoms with Crippen LogP contribution in [0.3, 0.4) is 0 Å². The molecule has 9 heteroatoms. The van der Waals surface area contributed by atoms with E-state index in [9.17, 15) is 8.42 Å².